The first-order chi connectivity index (χ1) is 8.72. The second kappa shape index (κ2) is 6.08. The van der Waals surface area contributed by atoms with E-state index in [-0.39, 0.29) is 0 Å². The molecule has 2 rings (SSSR count). The van der Waals surface area contributed by atoms with Gasteiger partial charge < -0.3 is 0 Å². The fourth-order valence-electron chi connectivity index (χ4n) is 1.67. The van der Waals surface area contributed by atoms with Crippen LogP contribution in [0.15, 0.2) is 56.7 Å². The molecule has 0 bridgehead atoms. The Hall–Kier alpha value is -1.24. The van der Waals surface area contributed by atoms with Gasteiger partial charge in [0.05, 0.1) is 11.6 Å². The predicted molar refractivity (Wildman–Crippen MR) is 78.8 cm³/mol. The zero-order valence-corrected chi connectivity index (χ0v) is 12.4. The van der Waals surface area contributed by atoms with Crippen molar-refractivity contribution in [3.8, 4) is 6.07 Å². The Morgan fingerprint density at radius 1 is 1.11 bits per heavy atom. The van der Waals surface area contributed by atoms with Crippen molar-refractivity contribution in [2.45, 2.75) is 23.1 Å². The number of rotatable bonds is 3. The number of nitrogens with zero attached hydrogens (tertiary/aromatic N) is 1. The third-order valence-corrected chi connectivity index (χ3v) is 4.16. The smallest absolute Gasteiger partial charge is 0.0994 e. The van der Waals surface area contributed by atoms with E-state index in [0.29, 0.717) is 0 Å². The Bertz CT molecular complexity index is 584. The Labute approximate surface area is 120 Å². The highest BCUT2D eigenvalue weighted by Gasteiger charge is 2.03. The van der Waals surface area contributed by atoms with Crippen LogP contribution < -0.4 is 0 Å². The summed E-state index contributed by atoms with van der Waals surface area (Å²) in [5.41, 5.74) is 1.89. The maximum Gasteiger partial charge on any atom is 0.0994 e. The Morgan fingerprint density at radius 3 is 2.39 bits per heavy atom. The van der Waals surface area contributed by atoms with Gasteiger partial charge in [0.15, 0.2) is 0 Å². The average Bonchev–Trinajstić information content (AvgIpc) is 2.41. The molecule has 0 radical (unpaired) electrons. The Balaban J connectivity index is 2.25. The Kier molecular flexibility index (Phi) is 4.46. The van der Waals surface area contributed by atoms with E-state index in [2.05, 4.69) is 47.1 Å². The molecular weight excluding hydrogens is 306 g/mol. The van der Waals surface area contributed by atoms with Gasteiger partial charge in [-0.1, -0.05) is 40.7 Å². The molecule has 90 valence electrons. The molecule has 18 heavy (non-hydrogen) atoms. The van der Waals surface area contributed by atoms with E-state index in [9.17, 15) is 0 Å². The maximum atomic E-state index is 9.11. The van der Waals surface area contributed by atoms with Crippen LogP contribution in [0.1, 0.15) is 18.1 Å². The van der Waals surface area contributed by atoms with Crippen LogP contribution >= 0.6 is 27.7 Å². The largest absolute Gasteiger partial charge is 0.192 e. The summed E-state index contributed by atoms with van der Waals surface area (Å²) in [5.74, 6) is 0. The Morgan fingerprint density at radius 2 is 1.78 bits per heavy atom. The highest BCUT2D eigenvalue weighted by atomic mass is 79.9. The lowest BCUT2D eigenvalue weighted by Gasteiger charge is -2.05. The average molecular weight is 318 g/mol. The van der Waals surface area contributed by atoms with Crippen molar-refractivity contribution in [1.82, 2.24) is 0 Å². The molecular formula is C15H12BrNS. The summed E-state index contributed by atoms with van der Waals surface area (Å²) in [7, 11) is 0. The molecule has 3 heteroatoms. The predicted octanol–water partition coefficient (Wildman–Crippen LogP) is 5.03. The number of hydrogen-bond donors (Lipinski definition) is 0. The van der Waals surface area contributed by atoms with E-state index in [1.165, 1.54) is 4.90 Å². The van der Waals surface area contributed by atoms with Gasteiger partial charge in [-0.05, 0) is 48.4 Å². The molecule has 0 aliphatic rings. The minimum Gasteiger partial charge on any atom is -0.192 e. The monoisotopic (exact) mass is 317 g/mol. The maximum absolute atomic E-state index is 9.11. The standard InChI is InChI=1S/C15H12BrNS/c1-2-11-3-6-15(9-12(11)10-17)18-14-7-4-13(16)5-8-14/h3-9H,2H2,1H3. The summed E-state index contributed by atoms with van der Waals surface area (Å²) in [6.07, 6.45) is 0.895. The molecule has 2 aromatic rings. The summed E-state index contributed by atoms with van der Waals surface area (Å²) < 4.78 is 1.07. The molecule has 0 aliphatic heterocycles. The van der Waals surface area contributed by atoms with E-state index in [4.69, 9.17) is 5.26 Å². The fraction of sp³-hybridized carbons (Fsp3) is 0.133. The van der Waals surface area contributed by atoms with Crippen LogP contribution in [0.2, 0.25) is 0 Å². The fourth-order valence-corrected chi connectivity index (χ4v) is 2.79. The normalized spacial score (nSPS) is 10.1. The molecule has 2 aromatic carbocycles. The van der Waals surface area contributed by atoms with Gasteiger partial charge in [0.1, 0.15) is 0 Å². The van der Waals surface area contributed by atoms with Crippen LogP contribution in [0.5, 0.6) is 0 Å². The first kappa shape index (κ1) is 13.2. The number of benzene rings is 2. The van der Waals surface area contributed by atoms with Gasteiger partial charge in [-0.2, -0.15) is 5.26 Å². The zero-order valence-electron chi connectivity index (χ0n) is 9.98. The number of halogens is 1. The second-order valence-corrected chi connectivity index (χ2v) is 5.90. The van der Waals surface area contributed by atoms with Gasteiger partial charge in [-0.15, -0.1) is 0 Å². The molecule has 0 saturated heterocycles. The lowest BCUT2D eigenvalue weighted by atomic mass is 10.1. The van der Waals surface area contributed by atoms with Gasteiger partial charge in [0.25, 0.3) is 0 Å². The molecule has 0 atom stereocenters. The highest BCUT2D eigenvalue weighted by Crippen LogP contribution is 2.30. The van der Waals surface area contributed by atoms with Crippen LogP contribution in [0.25, 0.3) is 0 Å². The lowest BCUT2D eigenvalue weighted by molar-refractivity contribution is 1.12. The van der Waals surface area contributed by atoms with Gasteiger partial charge in [0.2, 0.25) is 0 Å². The van der Waals surface area contributed by atoms with Crippen molar-refractivity contribution < 1.29 is 0 Å². The van der Waals surface area contributed by atoms with Crippen molar-refractivity contribution in [3.63, 3.8) is 0 Å². The summed E-state index contributed by atoms with van der Waals surface area (Å²) in [6, 6.07) is 16.5. The minimum atomic E-state index is 0.777. The van der Waals surface area contributed by atoms with Crippen molar-refractivity contribution in [3.05, 3.63) is 58.1 Å². The first-order valence-electron chi connectivity index (χ1n) is 5.69. The molecule has 0 spiro atoms. The van der Waals surface area contributed by atoms with Crippen LogP contribution in [0.4, 0.5) is 0 Å². The zero-order chi connectivity index (χ0) is 13.0. The van der Waals surface area contributed by atoms with E-state index < -0.39 is 0 Å². The van der Waals surface area contributed by atoms with Gasteiger partial charge in [0, 0.05) is 14.3 Å². The second-order valence-electron chi connectivity index (χ2n) is 3.84. The molecule has 0 N–H and O–H groups in total. The molecule has 0 amide bonds. The third kappa shape index (κ3) is 3.16. The van der Waals surface area contributed by atoms with Gasteiger partial charge >= 0.3 is 0 Å². The van der Waals surface area contributed by atoms with Gasteiger partial charge in [-0.25, -0.2) is 0 Å². The molecule has 0 aliphatic carbocycles. The summed E-state index contributed by atoms with van der Waals surface area (Å²) in [6.45, 7) is 2.07. The van der Waals surface area contributed by atoms with E-state index in [1.54, 1.807) is 11.8 Å². The van der Waals surface area contributed by atoms with E-state index in [1.807, 2.05) is 24.3 Å². The number of hydrogen-bond acceptors (Lipinski definition) is 2. The van der Waals surface area contributed by atoms with E-state index in [0.717, 1.165) is 26.9 Å². The van der Waals surface area contributed by atoms with Crippen molar-refractivity contribution in [1.29, 1.82) is 5.26 Å². The molecule has 0 saturated carbocycles. The quantitative estimate of drug-likeness (QED) is 0.792. The van der Waals surface area contributed by atoms with Crippen molar-refractivity contribution in [2.75, 3.05) is 0 Å². The summed E-state index contributed by atoms with van der Waals surface area (Å²) >= 11 is 5.09. The molecule has 0 fully saturated rings. The van der Waals surface area contributed by atoms with Crippen LogP contribution in [-0.2, 0) is 6.42 Å². The van der Waals surface area contributed by atoms with Crippen molar-refractivity contribution in [2.24, 2.45) is 0 Å². The highest BCUT2D eigenvalue weighted by molar-refractivity contribution is 9.10. The van der Waals surface area contributed by atoms with E-state index >= 15 is 0 Å². The van der Waals surface area contributed by atoms with Gasteiger partial charge in [-0.3, -0.25) is 0 Å². The summed E-state index contributed by atoms with van der Waals surface area (Å²) in [4.78, 5) is 2.28. The molecule has 0 unspecified atom stereocenters. The molecule has 0 heterocycles. The lowest BCUT2D eigenvalue weighted by Crippen LogP contribution is -1.87. The number of nitriles is 1. The summed E-state index contributed by atoms with van der Waals surface area (Å²) in [5, 5.41) is 9.11. The first-order valence-corrected chi connectivity index (χ1v) is 7.30. The minimum absolute atomic E-state index is 0.777. The topological polar surface area (TPSA) is 23.8 Å². The third-order valence-electron chi connectivity index (χ3n) is 2.63. The molecule has 1 nitrogen and oxygen atoms in total. The molecule has 0 aromatic heterocycles. The van der Waals surface area contributed by atoms with Crippen LogP contribution in [0.3, 0.4) is 0 Å². The van der Waals surface area contributed by atoms with Crippen LogP contribution in [-0.4, -0.2) is 0 Å². The number of aryl methyl sites for hydroxylation is 1. The van der Waals surface area contributed by atoms with Crippen molar-refractivity contribution >= 4 is 27.7 Å². The SMILES string of the molecule is CCc1ccc(Sc2ccc(Br)cc2)cc1C#N. The van der Waals surface area contributed by atoms with Crippen LogP contribution in [0, 0.1) is 11.3 Å².